The summed E-state index contributed by atoms with van der Waals surface area (Å²) in [6.07, 6.45) is 1.34. The van der Waals surface area contributed by atoms with E-state index in [1.165, 1.54) is 6.20 Å². The lowest BCUT2D eigenvalue weighted by Gasteiger charge is -2.09. The zero-order valence-electron chi connectivity index (χ0n) is 12.9. The third-order valence-corrected chi connectivity index (χ3v) is 3.94. The maximum absolute atomic E-state index is 12.7. The first-order chi connectivity index (χ1) is 11.5. The Bertz CT molecular complexity index is 772. The second-order valence-corrected chi connectivity index (χ2v) is 6.06. The lowest BCUT2D eigenvalue weighted by atomic mass is 10.0. The molecule has 0 fully saturated rings. The Labute approximate surface area is 153 Å². The summed E-state index contributed by atoms with van der Waals surface area (Å²) in [6, 6.07) is 13.9. The van der Waals surface area contributed by atoms with E-state index in [2.05, 4.69) is 21.2 Å². The first-order valence-corrected chi connectivity index (χ1v) is 8.38. The molecular weight excluding hydrogens is 394 g/mol. The number of ether oxygens (including phenoxy) is 1. The fourth-order valence-electron chi connectivity index (χ4n) is 1.92. The molecule has 4 nitrogen and oxygen atoms in total. The van der Waals surface area contributed by atoms with E-state index in [0.717, 1.165) is 10.2 Å². The number of ketones is 1. The average molecular weight is 409 g/mol. The third kappa shape index (κ3) is 4.69. The summed E-state index contributed by atoms with van der Waals surface area (Å²) in [5, 5.41) is 3.21. The molecule has 0 aromatic heterocycles. The van der Waals surface area contributed by atoms with Crippen molar-refractivity contribution < 1.29 is 14.3 Å². The van der Waals surface area contributed by atoms with Crippen molar-refractivity contribution in [3.8, 4) is 0 Å². The van der Waals surface area contributed by atoms with Crippen LogP contribution in [0.2, 0.25) is 5.02 Å². The van der Waals surface area contributed by atoms with Crippen LogP contribution in [0.4, 0.5) is 5.69 Å². The van der Waals surface area contributed by atoms with Gasteiger partial charge in [0, 0.05) is 21.9 Å². The van der Waals surface area contributed by atoms with Gasteiger partial charge in [-0.15, -0.1) is 0 Å². The Balaban J connectivity index is 2.32. The van der Waals surface area contributed by atoms with Crippen molar-refractivity contribution >= 4 is 45.0 Å². The van der Waals surface area contributed by atoms with Gasteiger partial charge in [0.15, 0.2) is 0 Å². The molecule has 0 bridgehead atoms. The van der Waals surface area contributed by atoms with Crippen molar-refractivity contribution in [3.05, 3.63) is 75.4 Å². The van der Waals surface area contributed by atoms with E-state index < -0.39 is 11.8 Å². The predicted molar refractivity (Wildman–Crippen MR) is 98.3 cm³/mol. The molecule has 0 unspecified atom stereocenters. The maximum Gasteiger partial charge on any atom is 0.343 e. The van der Waals surface area contributed by atoms with E-state index in [1.54, 1.807) is 31.2 Å². The standard InChI is InChI=1S/C18H15BrClNO3/c1-2-24-18(23)15(11-21-13-9-7-12(19)8-10-13)17(22)14-5-3-4-6-16(14)20/h3-11,21H,2H2,1H3. The minimum absolute atomic E-state index is 0.118. The van der Waals surface area contributed by atoms with Gasteiger partial charge in [0.25, 0.3) is 0 Å². The van der Waals surface area contributed by atoms with Crippen molar-refractivity contribution in [2.24, 2.45) is 0 Å². The summed E-state index contributed by atoms with van der Waals surface area (Å²) in [7, 11) is 0. The number of carbonyl (C=O) groups excluding carboxylic acids is 2. The van der Waals surface area contributed by atoms with E-state index in [9.17, 15) is 9.59 Å². The van der Waals surface area contributed by atoms with E-state index in [0.29, 0.717) is 0 Å². The minimum atomic E-state index is -0.702. The summed E-state index contributed by atoms with van der Waals surface area (Å²) < 4.78 is 5.90. The number of rotatable bonds is 6. The number of hydrogen-bond donors (Lipinski definition) is 1. The average Bonchev–Trinajstić information content (AvgIpc) is 2.57. The zero-order valence-corrected chi connectivity index (χ0v) is 15.2. The molecule has 6 heteroatoms. The second kappa shape index (κ2) is 8.66. The highest BCUT2D eigenvalue weighted by atomic mass is 79.9. The van der Waals surface area contributed by atoms with Gasteiger partial charge < -0.3 is 10.1 Å². The largest absolute Gasteiger partial charge is 0.462 e. The molecule has 2 rings (SSSR count). The van der Waals surface area contributed by atoms with Gasteiger partial charge in [-0.1, -0.05) is 39.7 Å². The lowest BCUT2D eigenvalue weighted by Crippen LogP contribution is -2.18. The molecule has 24 heavy (non-hydrogen) atoms. The van der Waals surface area contributed by atoms with E-state index in [4.69, 9.17) is 16.3 Å². The van der Waals surface area contributed by atoms with Crippen LogP contribution in [0.1, 0.15) is 17.3 Å². The normalized spacial score (nSPS) is 11.0. The summed E-state index contributed by atoms with van der Waals surface area (Å²) in [5.74, 6) is -1.20. The van der Waals surface area contributed by atoms with Crippen molar-refractivity contribution in [3.63, 3.8) is 0 Å². The van der Waals surface area contributed by atoms with E-state index in [-0.39, 0.29) is 22.8 Å². The summed E-state index contributed by atoms with van der Waals surface area (Å²) >= 11 is 9.40. The fourth-order valence-corrected chi connectivity index (χ4v) is 2.40. The molecule has 0 aliphatic rings. The monoisotopic (exact) mass is 407 g/mol. The molecule has 0 aliphatic carbocycles. The first-order valence-electron chi connectivity index (χ1n) is 7.21. The second-order valence-electron chi connectivity index (χ2n) is 4.74. The van der Waals surface area contributed by atoms with Crippen LogP contribution < -0.4 is 5.32 Å². The molecule has 0 heterocycles. The summed E-state index contributed by atoms with van der Waals surface area (Å²) in [4.78, 5) is 24.8. The van der Waals surface area contributed by atoms with Gasteiger partial charge in [0.05, 0.1) is 11.6 Å². The number of carbonyl (C=O) groups is 2. The van der Waals surface area contributed by atoms with Crippen LogP contribution in [-0.2, 0) is 9.53 Å². The number of esters is 1. The van der Waals surface area contributed by atoms with Crippen LogP contribution >= 0.6 is 27.5 Å². The molecule has 0 atom stereocenters. The Morgan fingerprint density at radius 2 is 1.83 bits per heavy atom. The van der Waals surface area contributed by atoms with Crippen molar-refractivity contribution in [1.82, 2.24) is 0 Å². The Kier molecular flexibility index (Phi) is 6.58. The van der Waals surface area contributed by atoms with Crippen molar-refractivity contribution in [1.29, 1.82) is 0 Å². The molecular formula is C18H15BrClNO3. The number of benzene rings is 2. The molecule has 0 saturated carbocycles. The van der Waals surface area contributed by atoms with Crippen LogP contribution in [0.3, 0.4) is 0 Å². The maximum atomic E-state index is 12.7. The molecule has 2 aromatic carbocycles. The van der Waals surface area contributed by atoms with E-state index in [1.807, 2.05) is 24.3 Å². The van der Waals surface area contributed by atoms with Crippen molar-refractivity contribution in [2.75, 3.05) is 11.9 Å². The van der Waals surface area contributed by atoms with Crippen molar-refractivity contribution in [2.45, 2.75) is 6.92 Å². The highest BCUT2D eigenvalue weighted by Gasteiger charge is 2.22. The Morgan fingerprint density at radius 1 is 1.17 bits per heavy atom. The number of halogens is 2. The highest BCUT2D eigenvalue weighted by Crippen LogP contribution is 2.20. The first kappa shape index (κ1) is 18.2. The fraction of sp³-hybridized carbons (Fsp3) is 0.111. The van der Waals surface area contributed by atoms with Crippen LogP contribution in [0.25, 0.3) is 0 Å². The topological polar surface area (TPSA) is 55.4 Å². The zero-order chi connectivity index (χ0) is 17.5. The smallest absolute Gasteiger partial charge is 0.343 e. The Morgan fingerprint density at radius 3 is 2.46 bits per heavy atom. The predicted octanol–water partition coefficient (Wildman–Crippen LogP) is 4.84. The van der Waals surface area contributed by atoms with Crippen LogP contribution in [0.15, 0.2) is 64.8 Å². The summed E-state index contributed by atoms with van der Waals surface area (Å²) in [5.41, 5.74) is 0.857. The molecule has 0 aliphatic heterocycles. The molecule has 0 saturated heterocycles. The van der Waals surface area contributed by atoms with Gasteiger partial charge in [-0.3, -0.25) is 4.79 Å². The number of Topliss-reactive ketones (excluding diaryl/α,β-unsaturated/α-hetero) is 1. The molecule has 0 radical (unpaired) electrons. The third-order valence-electron chi connectivity index (χ3n) is 3.09. The number of nitrogens with one attached hydrogen (secondary N) is 1. The molecule has 0 amide bonds. The highest BCUT2D eigenvalue weighted by molar-refractivity contribution is 9.10. The molecule has 1 N–H and O–H groups in total. The van der Waals surface area contributed by atoms with Gasteiger partial charge in [-0.25, -0.2) is 4.79 Å². The van der Waals surface area contributed by atoms with Gasteiger partial charge in [0.2, 0.25) is 5.78 Å². The summed E-state index contributed by atoms with van der Waals surface area (Å²) in [6.45, 7) is 1.85. The molecule has 0 spiro atoms. The van der Waals surface area contributed by atoms with E-state index >= 15 is 0 Å². The van der Waals surface area contributed by atoms with Gasteiger partial charge in [0.1, 0.15) is 5.57 Å². The minimum Gasteiger partial charge on any atom is -0.462 e. The van der Waals surface area contributed by atoms with Crippen LogP contribution in [0, 0.1) is 0 Å². The SMILES string of the molecule is CCOC(=O)C(=CNc1ccc(Br)cc1)C(=O)c1ccccc1Cl. The van der Waals surface area contributed by atoms with Gasteiger partial charge >= 0.3 is 5.97 Å². The quantitative estimate of drug-likeness (QED) is 0.244. The van der Waals surface area contributed by atoms with Gasteiger partial charge in [-0.2, -0.15) is 0 Å². The van der Waals surface area contributed by atoms with Crippen LogP contribution in [0.5, 0.6) is 0 Å². The Hall–Kier alpha value is -2.11. The van der Waals surface area contributed by atoms with Crippen LogP contribution in [-0.4, -0.2) is 18.4 Å². The van der Waals surface area contributed by atoms with Gasteiger partial charge in [-0.05, 0) is 43.3 Å². The number of anilines is 1. The lowest BCUT2D eigenvalue weighted by molar-refractivity contribution is -0.138. The molecule has 2 aromatic rings. The number of hydrogen-bond acceptors (Lipinski definition) is 4. The molecule has 124 valence electrons.